The highest BCUT2D eigenvalue weighted by Gasteiger charge is 2.45. The van der Waals surface area contributed by atoms with Gasteiger partial charge in [0.25, 0.3) is 0 Å². The summed E-state index contributed by atoms with van der Waals surface area (Å²) in [7, 11) is 0. The molecule has 0 saturated heterocycles. The second-order valence-corrected chi connectivity index (χ2v) is 6.48. The van der Waals surface area contributed by atoms with E-state index in [2.05, 4.69) is 34.6 Å². The van der Waals surface area contributed by atoms with Crippen LogP contribution in [0.3, 0.4) is 0 Å². The van der Waals surface area contributed by atoms with Gasteiger partial charge >= 0.3 is 0 Å². The molecule has 0 aromatic rings. The van der Waals surface area contributed by atoms with Gasteiger partial charge in [-0.1, -0.05) is 41.0 Å². The first-order valence-corrected chi connectivity index (χ1v) is 5.39. The van der Waals surface area contributed by atoms with Gasteiger partial charge in [0.2, 0.25) is 0 Å². The largest absolute Gasteiger partial charge is 0.389 e. The van der Waals surface area contributed by atoms with Gasteiger partial charge in [0.1, 0.15) is 0 Å². The Morgan fingerprint density at radius 3 is 1.92 bits per heavy atom. The van der Waals surface area contributed by atoms with Crippen molar-refractivity contribution in [2.45, 2.75) is 65.9 Å². The summed E-state index contributed by atoms with van der Waals surface area (Å²) >= 11 is 0. The molecule has 0 aromatic heterocycles. The molecule has 1 aliphatic carbocycles. The van der Waals surface area contributed by atoms with E-state index in [4.69, 9.17) is 0 Å². The molecule has 0 amide bonds. The maximum Gasteiger partial charge on any atom is 0.0700 e. The molecule has 1 fully saturated rings. The van der Waals surface area contributed by atoms with Gasteiger partial charge < -0.3 is 5.11 Å². The minimum atomic E-state index is -0.450. The summed E-state index contributed by atoms with van der Waals surface area (Å²) in [5, 5.41) is 10.5. The van der Waals surface area contributed by atoms with E-state index in [9.17, 15) is 5.11 Å². The third kappa shape index (κ3) is 2.25. The third-order valence-electron chi connectivity index (χ3n) is 3.61. The average Bonchev–Trinajstić information content (AvgIpc) is 1.80. The topological polar surface area (TPSA) is 20.2 Å². The van der Waals surface area contributed by atoms with Gasteiger partial charge in [-0.3, -0.25) is 0 Å². The van der Waals surface area contributed by atoms with Crippen molar-refractivity contribution in [3.8, 4) is 0 Å². The number of hydrogen-bond donors (Lipinski definition) is 1. The van der Waals surface area contributed by atoms with Crippen LogP contribution in [-0.4, -0.2) is 10.7 Å². The first kappa shape index (κ1) is 11.0. The number of hydrogen-bond acceptors (Lipinski definition) is 1. The van der Waals surface area contributed by atoms with E-state index in [1.54, 1.807) is 0 Å². The fourth-order valence-corrected chi connectivity index (χ4v) is 2.47. The molecule has 0 radical (unpaired) electrons. The lowest BCUT2D eigenvalue weighted by Crippen LogP contribution is -2.48. The molecular formula is C12H24O. The first-order chi connectivity index (χ1) is 5.66. The zero-order valence-electron chi connectivity index (χ0n) is 9.78. The van der Waals surface area contributed by atoms with Crippen molar-refractivity contribution < 1.29 is 5.11 Å². The normalized spacial score (nSPS) is 34.6. The molecule has 1 aliphatic rings. The standard InChI is InChI=1S/C12H24O/c1-10(2,3)12(13)8-6-7-11(4,5)9-12/h13H,6-9H2,1-5H3. The molecule has 0 heterocycles. The van der Waals surface area contributed by atoms with E-state index in [0.29, 0.717) is 5.41 Å². The van der Waals surface area contributed by atoms with Crippen molar-refractivity contribution in [2.24, 2.45) is 10.8 Å². The quantitative estimate of drug-likeness (QED) is 0.612. The van der Waals surface area contributed by atoms with Crippen LogP contribution in [0.2, 0.25) is 0 Å². The molecule has 1 atom stereocenters. The molecule has 1 nitrogen and oxygen atoms in total. The van der Waals surface area contributed by atoms with Crippen molar-refractivity contribution in [2.75, 3.05) is 0 Å². The Morgan fingerprint density at radius 1 is 1.08 bits per heavy atom. The first-order valence-electron chi connectivity index (χ1n) is 5.39. The summed E-state index contributed by atoms with van der Waals surface area (Å²) in [6.07, 6.45) is 4.34. The van der Waals surface area contributed by atoms with Crippen molar-refractivity contribution in [1.29, 1.82) is 0 Å². The molecule has 0 aliphatic heterocycles. The smallest absolute Gasteiger partial charge is 0.0700 e. The van der Waals surface area contributed by atoms with Gasteiger partial charge in [-0.2, -0.15) is 0 Å². The molecule has 78 valence electrons. The zero-order chi connectivity index (χ0) is 10.3. The van der Waals surface area contributed by atoms with Crippen LogP contribution >= 0.6 is 0 Å². The Bertz CT molecular complexity index is 188. The maximum atomic E-state index is 10.5. The van der Waals surface area contributed by atoms with Gasteiger partial charge in [-0.05, 0) is 30.1 Å². The van der Waals surface area contributed by atoms with Gasteiger partial charge in [0, 0.05) is 0 Å². The van der Waals surface area contributed by atoms with E-state index in [-0.39, 0.29) is 5.41 Å². The van der Waals surface area contributed by atoms with Crippen LogP contribution in [0.25, 0.3) is 0 Å². The van der Waals surface area contributed by atoms with E-state index >= 15 is 0 Å². The maximum absolute atomic E-state index is 10.5. The summed E-state index contributed by atoms with van der Waals surface area (Å²) in [5.74, 6) is 0. The van der Waals surface area contributed by atoms with Crippen LogP contribution < -0.4 is 0 Å². The van der Waals surface area contributed by atoms with Crippen molar-refractivity contribution in [1.82, 2.24) is 0 Å². The number of rotatable bonds is 0. The minimum Gasteiger partial charge on any atom is -0.389 e. The molecule has 13 heavy (non-hydrogen) atoms. The highest BCUT2D eigenvalue weighted by Crippen LogP contribution is 2.48. The minimum absolute atomic E-state index is 0.0185. The predicted octanol–water partition coefficient (Wildman–Crippen LogP) is 3.36. The SMILES string of the molecule is CC1(C)CCCC(O)(C(C)(C)C)C1. The van der Waals surface area contributed by atoms with Crippen molar-refractivity contribution in [3.63, 3.8) is 0 Å². The lowest BCUT2D eigenvalue weighted by Gasteiger charge is -2.49. The Labute approximate surface area is 82.5 Å². The summed E-state index contributed by atoms with van der Waals surface area (Å²) < 4.78 is 0. The van der Waals surface area contributed by atoms with E-state index in [1.165, 1.54) is 12.8 Å². The van der Waals surface area contributed by atoms with Gasteiger partial charge in [-0.15, -0.1) is 0 Å². The monoisotopic (exact) mass is 184 g/mol. The van der Waals surface area contributed by atoms with E-state index < -0.39 is 5.60 Å². The molecule has 1 unspecified atom stereocenters. The van der Waals surface area contributed by atoms with Crippen LogP contribution in [0, 0.1) is 10.8 Å². The average molecular weight is 184 g/mol. The fraction of sp³-hybridized carbons (Fsp3) is 1.00. The van der Waals surface area contributed by atoms with Gasteiger partial charge in [-0.25, -0.2) is 0 Å². The van der Waals surface area contributed by atoms with Crippen molar-refractivity contribution >= 4 is 0 Å². The molecule has 0 spiro atoms. The zero-order valence-corrected chi connectivity index (χ0v) is 9.78. The molecule has 1 heteroatoms. The second kappa shape index (κ2) is 2.98. The highest BCUT2D eigenvalue weighted by molar-refractivity contribution is 4.97. The molecule has 0 bridgehead atoms. The summed E-state index contributed by atoms with van der Waals surface area (Å²) in [5.41, 5.74) is -0.111. The Morgan fingerprint density at radius 2 is 1.62 bits per heavy atom. The lowest BCUT2D eigenvalue weighted by molar-refractivity contribution is -0.114. The fourth-order valence-electron chi connectivity index (χ4n) is 2.47. The van der Waals surface area contributed by atoms with Crippen molar-refractivity contribution in [3.05, 3.63) is 0 Å². The Balaban J connectivity index is 2.81. The molecule has 1 saturated carbocycles. The van der Waals surface area contributed by atoms with E-state index in [0.717, 1.165) is 12.8 Å². The second-order valence-electron chi connectivity index (χ2n) is 6.48. The Hall–Kier alpha value is -0.0400. The van der Waals surface area contributed by atoms with Crippen LogP contribution in [0.5, 0.6) is 0 Å². The van der Waals surface area contributed by atoms with Gasteiger partial charge in [0.15, 0.2) is 0 Å². The van der Waals surface area contributed by atoms with Crippen LogP contribution in [0.15, 0.2) is 0 Å². The summed E-state index contributed by atoms with van der Waals surface area (Å²) in [4.78, 5) is 0. The highest BCUT2D eigenvalue weighted by atomic mass is 16.3. The lowest BCUT2D eigenvalue weighted by atomic mass is 9.61. The van der Waals surface area contributed by atoms with E-state index in [1.807, 2.05) is 0 Å². The summed E-state index contributed by atoms with van der Waals surface area (Å²) in [6, 6.07) is 0. The molecular weight excluding hydrogens is 160 g/mol. The summed E-state index contributed by atoms with van der Waals surface area (Å²) in [6.45, 7) is 11.0. The predicted molar refractivity (Wildman–Crippen MR) is 56.7 cm³/mol. The van der Waals surface area contributed by atoms with Crippen LogP contribution in [0.1, 0.15) is 60.3 Å². The molecule has 1 rings (SSSR count). The Kier molecular flexibility index (Phi) is 2.53. The van der Waals surface area contributed by atoms with Crippen LogP contribution in [0.4, 0.5) is 0 Å². The third-order valence-corrected chi connectivity index (χ3v) is 3.61. The number of aliphatic hydroxyl groups is 1. The van der Waals surface area contributed by atoms with Gasteiger partial charge in [0.05, 0.1) is 5.60 Å². The van der Waals surface area contributed by atoms with Crippen LogP contribution in [-0.2, 0) is 0 Å². The molecule has 1 N–H and O–H groups in total. The molecule has 0 aromatic carbocycles.